The summed E-state index contributed by atoms with van der Waals surface area (Å²) in [5.41, 5.74) is 2.00. The van der Waals surface area contributed by atoms with Gasteiger partial charge in [-0.1, -0.05) is 36.7 Å². The Hall–Kier alpha value is -1.13. The van der Waals surface area contributed by atoms with E-state index in [1.807, 2.05) is 43.3 Å². The zero-order valence-electron chi connectivity index (χ0n) is 10.6. The predicted octanol–water partition coefficient (Wildman–Crippen LogP) is 3.78. The minimum atomic E-state index is -4.66. The molecule has 5 heteroatoms. The van der Waals surface area contributed by atoms with Crippen LogP contribution in [0, 0.1) is 0 Å². The molecule has 3 saturated carbocycles. The fourth-order valence-electron chi connectivity index (χ4n) is 3.63. The molecule has 1 nitrogen and oxygen atoms in total. The summed E-state index contributed by atoms with van der Waals surface area (Å²) in [5.74, 6) is 0. The van der Waals surface area contributed by atoms with Gasteiger partial charge in [-0.05, 0) is 23.1 Å². The van der Waals surface area contributed by atoms with Gasteiger partial charge in [0.15, 0.2) is 0 Å². The van der Waals surface area contributed by atoms with Crippen molar-refractivity contribution in [2.24, 2.45) is 0 Å². The normalized spacial score (nSPS) is 33.6. The van der Waals surface area contributed by atoms with Crippen molar-refractivity contribution >= 4 is 12.7 Å². The van der Waals surface area contributed by atoms with E-state index < -0.39 is 12.3 Å². The summed E-state index contributed by atoms with van der Waals surface area (Å²) >= 11 is 0. The lowest BCUT2D eigenvalue weighted by atomic mass is 9.23. The number of rotatable bonds is 3. The van der Waals surface area contributed by atoms with Gasteiger partial charge < -0.3 is 17.8 Å². The Morgan fingerprint density at radius 2 is 1.50 bits per heavy atom. The smallest absolute Gasteiger partial charge is 0.449 e. The molecule has 0 spiro atoms. The van der Waals surface area contributed by atoms with Crippen LogP contribution in [0.25, 0.3) is 0 Å². The van der Waals surface area contributed by atoms with Crippen molar-refractivity contribution in [3.63, 3.8) is 0 Å². The molecular formula is C13H16BF3N-. The second-order valence-electron chi connectivity index (χ2n) is 6.19. The highest BCUT2D eigenvalue weighted by Crippen LogP contribution is 2.82. The number of nitrogens with zero attached hydrogens (tertiary/aromatic N) is 1. The average Bonchev–Trinajstić information content (AvgIpc) is 2.11. The van der Waals surface area contributed by atoms with Gasteiger partial charge in [-0.15, -0.1) is 0 Å². The second kappa shape index (κ2) is 3.25. The van der Waals surface area contributed by atoms with Gasteiger partial charge in [0.1, 0.15) is 0 Å². The Bertz CT molecular complexity index is 458. The maximum absolute atomic E-state index is 12.8. The van der Waals surface area contributed by atoms with Gasteiger partial charge in [-0.2, -0.15) is 0 Å². The Labute approximate surface area is 105 Å². The molecule has 0 aromatic heterocycles. The first kappa shape index (κ1) is 11.9. The SMILES string of the molecule is CN(C)c1ccc(C23CC([B-](F)(F)F)(C2)C3)cc1. The van der Waals surface area contributed by atoms with Crippen molar-refractivity contribution < 1.29 is 12.9 Å². The molecule has 0 atom stereocenters. The topological polar surface area (TPSA) is 3.24 Å². The quantitative estimate of drug-likeness (QED) is 0.742. The van der Waals surface area contributed by atoms with E-state index in [1.165, 1.54) is 0 Å². The summed E-state index contributed by atoms with van der Waals surface area (Å²) in [6.07, 6.45) is 0.931. The number of halogens is 3. The van der Waals surface area contributed by atoms with E-state index in [4.69, 9.17) is 0 Å². The molecular weight excluding hydrogens is 238 g/mol. The summed E-state index contributed by atoms with van der Waals surface area (Å²) in [6, 6.07) is 7.95. The molecule has 0 amide bonds. The maximum atomic E-state index is 12.8. The lowest BCUT2D eigenvalue weighted by molar-refractivity contribution is -0.0400. The molecule has 3 aliphatic rings. The molecule has 3 fully saturated rings. The molecule has 1 aromatic rings. The third kappa shape index (κ3) is 1.36. The molecule has 98 valence electrons. The van der Waals surface area contributed by atoms with Crippen molar-refractivity contribution in [1.82, 2.24) is 0 Å². The van der Waals surface area contributed by atoms with Crippen molar-refractivity contribution in [2.75, 3.05) is 19.0 Å². The van der Waals surface area contributed by atoms with E-state index >= 15 is 0 Å². The third-order valence-electron chi connectivity index (χ3n) is 4.76. The second-order valence-corrected chi connectivity index (χ2v) is 6.19. The molecule has 0 saturated heterocycles. The highest BCUT2D eigenvalue weighted by Gasteiger charge is 2.74. The van der Waals surface area contributed by atoms with Crippen LogP contribution in [0.5, 0.6) is 0 Å². The van der Waals surface area contributed by atoms with Crippen LogP contribution in [0.15, 0.2) is 24.3 Å². The Balaban J connectivity index is 1.77. The van der Waals surface area contributed by atoms with E-state index in [0.29, 0.717) is 19.3 Å². The minimum Gasteiger partial charge on any atom is -0.449 e. The first-order valence-electron chi connectivity index (χ1n) is 6.25. The fourth-order valence-corrected chi connectivity index (χ4v) is 3.63. The van der Waals surface area contributed by atoms with Crippen LogP contribution in [0.3, 0.4) is 0 Å². The predicted molar refractivity (Wildman–Crippen MR) is 68.1 cm³/mol. The van der Waals surface area contributed by atoms with Crippen molar-refractivity contribution in [3.05, 3.63) is 29.8 Å². The monoisotopic (exact) mass is 254 g/mol. The lowest BCUT2D eigenvalue weighted by Gasteiger charge is -2.75. The molecule has 2 bridgehead atoms. The molecule has 0 unspecified atom stereocenters. The zero-order chi connectivity index (χ0) is 13.2. The van der Waals surface area contributed by atoms with Gasteiger partial charge >= 0.3 is 6.98 Å². The summed E-state index contributed by atoms with van der Waals surface area (Å²) < 4.78 is 38.5. The molecule has 1 aromatic carbocycles. The van der Waals surface area contributed by atoms with Crippen LogP contribution < -0.4 is 4.90 Å². The lowest BCUT2D eigenvalue weighted by Crippen LogP contribution is -2.67. The Kier molecular flexibility index (Phi) is 2.16. The first-order chi connectivity index (χ1) is 8.28. The number of hydrogen-bond donors (Lipinski definition) is 0. The highest BCUT2D eigenvalue weighted by molar-refractivity contribution is 6.63. The van der Waals surface area contributed by atoms with E-state index in [1.54, 1.807) is 0 Å². The maximum Gasteiger partial charge on any atom is 0.484 e. The molecule has 0 radical (unpaired) electrons. The van der Waals surface area contributed by atoms with Crippen LogP contribution in [0.1, 0.15) is 24.8 Å². The number of hydrogen-bond acceptors (Lipinski definition) is 1. The zero-order valence-corrected chi connectivity index (χ0v) is 10.6. The Morgan fingerprint density at radius 3 is 1.89 bits per heavy atom. The molecule has 3 aliphatic carbocycles. The average molecular weight is 254 g/mol. The summed E-state index contributed by atoms with van der Waals surface area (Å²) in [6.45, 7) is -4.66. The van der Waals surface area contributed by atoms with E-state index in [-0.39, 0.29) is 5.41 Å². The molecule has 18 heavy (non-hydrogen) atoms. The van der Waals surface area contributed by atoms with Gasteiger partial charge in [0.25, 0.3) is 0 Å². The van der Waals surface area contributed by atoms with Crippen LogP contribution >= 0.6 is 0 Å². The van der Waals surface area contributed by atoms with E-state index in [9.17, 15) is 12.9 Å². The highest BCUT2D eigenvalue weighted by atomic mass is 19.4. The van der Waals surface area contributed by atoms with Crippen LogP contribution in [0.2, 0.25) is 5.31 Å². The molecule has 0 N–H and O–H groups in total. The summed E-state index contributed by atoms with van der Waals surface area (Å²) in [4.78, 5) is 1.99. The first-order valence-corrected chi connectivity index (χ1v) is 6.25. The van der Waals surface area contributed by atoms with Crippen molar-refractivity contribution in [3.8, 4) is 0 Å². The van der Waals surface area contributed by atoms with E-state index in [0.717, 1.165) is 11.3 Å². The minimum absolute atomic E-state index is 0.165. The largest absolute Gasteiger partial charge is 0.484 e. The third-order valence-corrected chi connectivity index (χ3v) is 4.76. The summed E-state index contributed by atoms with van der Waals surface area (Å²) in [7, 11) is 3.91. The van der Waals surface area contributed by atoms with Gasteiger partial charge in [-0.3, -0.25) is 0 Å². The van der Waals surface area contributed by atoms with Gasteiger partial charge in [0.2, 0.25) is 0 Å². The van der Waals surface area contributed by atoms with E-state index in [2.05, 4.69) is 0 Å². The molecule has 0 aliphatic heterocycles. The number of anilines is 1. The molecule has 0 heterocycles. The number of benzene rings is 1. The summed E-state index contributed by atoms with van der Waals surface area (Å²) in [5, 5.41) is -1.29. The van der Waals surface area contributed by atoms with Gasteiger partial charge in [0, 0.05) is 19.8 Å². The Morgan fingerprint density at radius 1 is 1.00 bits per heavy atom. The standard InChI is InChI=1S/C13H16BF3N/c1-18(2)11-5-3-10(4-6-11)12-7-13(8-12,9-12)14(15,16)17/h3-6H,7-9H2,1-2H3/q-1. The van der Waals surface area contributed by atoms with Crippen LogP contribution in [-0.2, 0) is 5.41 Å². The van der Waals surface area contributed by atoms with Crippen LogP contribution in [0.4, 0.5) is 18.6 Å². The molecule has 4 rings (SSSR count). The van der Waals surface area contributed by atoms with Crippen molar-refractivity contribution in [1.29, 1.82) is 0 Å². The fraction of sp³-hybridized carbons (Fsp3) is 0.538. The van der Waals surface area contributed by atoms with Crippen molar-refractivity contribution in [2.45, 2.75) is 30.0 Å². The van der Waals surface area contributed by atoms with Crippen LogP contribution in [-0.4, -0.2) is 21.1 Å². The van der Waals surface area contributed by atoms with Gasteiger partial charge in [-0.25, -0.2) is 0 Å². The van der Waals surface area contributed by atoms with Gasteiger partial charge in [0.05, 0.1) is 0 Å².